The summed E-state index contributed by atoms with van der Waals surface area (Å²) in [5, 5.41) is 1.72. The summed E-state index contributed by atoms with van der Waals surface area (Å²) in [6.07, 6.45) is 5.76. The Morgan fingerprint density at radius 2 is 1.87 bits per heavy atom. The monoisotopic (exact) mass is 423 g/mol. The largest absolute Gasteiger partial charge is 0.456 e. The van der Waals surface area contributed by atoms with Crippen molar-refractivity contribution in [3.8, 4) is 5.69 Å². The third-order valence-corrected chi connectivity index (χ3v) is 5.92. The van der Waals surface area contributed by atoms with Crippen LogP contribution >= 0.6 is 11.6 Å². The molecule has 6 aromatic rings. The Balaban J connectivity index is 1.72. The zero-order chi connectivity index (χ0) is 21.1. The van der Waals surface area contributed by atoms with E-state index in [-0.39, 0.29) is 0 Å². The number of allylic oxidation sites excluding steroid dienone is 1. The number of rotatable bonds is 3. The highest BCUT2D eigenvalue weighted by Gasteiger charge is 2.18. The van der Waals surface area contributed by atoms with Crippen molar-refractivity contribution >= 4 is 62.6 Å². The lowest BCUT2D eigenvalue weighted by Gasteiger charge is -2.05. The molecular formula is C26H18ClN3O. The molecule has 31 heavy (non-hydrogen) atoms. The lowest BCUT2D eigenvalue weighted by atomic mass is 10.1. The number of furan rings is 1. The topological polar surface area (TPSA) is 35.4 Å². The third-order valence-electron chi connectivity index (χ3n) is 5.68. The van der Waals surface area contributed by atoms with Crippen LogP contribution in [0.2, 0.25) is 5.02 Å². The number of halogens is 1. The maximum atomic E-state index is 6.38. The summed E-state index contributed by atoms with van der Waals surface area (Å²) in [5.74, 6) is 1.64. The minimum absolute atomic E-state index is 0.683. The molecular weight excluding hydrogens is 406 g/mol. The van der Waals surface area contributed by atoms with E-state index < -0.39 is 0 Å². The Bertz CT molecular complexity index is 1680. The van der Waals surface area contributed by atoms with E-state index in [2.05, 4.69) is 39.8 Å². The van der Waals surface area contributed by atoms with Gasteiger partial charge in [0.1, 0.15) is 11.3 Å². The van der Waals surface area contributed by atoms with Gasteiger partial charge < -0.3 is 4.42 Å². The van der Waals surface area contributed by atoms with Crippen molar-refractivity contribution < 1.29 is 4.42 Å². The Hall–Kier alpha value is -3.76. The molecule has 3 aromatic heterocycles. The SMILES string of the molecule is C=Cc1c(/C=C\C)oc2cc(-n3c4cc(Cl)ccc4n4c5ccccc5nc34)ccc12. The van der Waals surface area contributed by atoms with Crippen LogP contribution in [0.5, 0.6) is 0 Å². The van der Waals surface area contributed by atoms with Crippen molar-refractivity contribution in [2.45, 2.75) is 6.92 Å². The summed E-state index contributed by atoms with van der Waals surface area (Å²) < 4.78 is 10.5. The molecule has 0 aliphatic rings. The van der Waals surface area contributed by atoms with Gasteiger partial charge in [-0.2, -0.15) is 0 Å². The maximum absolute atomic E-state index is 6.38. The molecule has 0 amide bonds. The Morgan fingerprint density at radius 1 is 1.00 bits per heavy atom. The van der Waals surface area contributed by atoms with E-state index in [4.69, 9.17) is 21.0 Å². The second kappa shape index (κ2) is 6.62. The molecule has 0 bridgehead atoms. The van der Waals surface area contributed by atoms with E-state index >= 15 is 0 Å². The van der Waals surface area contributed by atoms with E-state index in [1.54, 1.807) is 0 Å². The summed E-state index contributed by atoms with van der Waals surface area (Å²) >= 11 is 6.38. The molecule has 5 heteroatoms. The lowest BCUT2D eigenvalue weighted by Crippen LogP contribution is -1.94. The number of benzene rings is 3. The molecule has 3 aromatic carbocycles. The number of nitrogens with zero attached hydrogens (tertiary/aromatic N) is 3. The van der Waals surface area contributed by atoms with Crippen molar-refractivity contribution in [2.75, 3.05) is 0 Å². The molecule has 3 heterocycles. The van der Waals surface area contributed by atoms with Crippen LogP contribution in [0.4, 0.5) is 0 Å². The van der Waals surface area contributed by atoms with Crippen LogP contribution in [0.1, 0.15) is 18.2 Å². The summed E-state index contributed by atoms with van der Waals surface area (Å²) in [5.41, 5.74) is 6.81. The van der Waals surface area contributed by atoms with Crippen molar-refractivity contribution in [1.29, 1.82) is 0 Å². The van der Waals surface area contributed by atoms with Crippen LogP contribution in [-0.4, -0.2) is 14.0 Å². The van der Waals surface area contributed by atoms with Crippen molar-refractivity contribution in [1.82, 2.24) is 14.0 Å². The first-order chi connectivity index (χ1) is 15.2. The lowest BCUT2D eigenvalue weighted by molar-refractivity contribution is 0.603. The molecule has 0 N–H and O–H groups in total. The minimum Gasteiger partial charge on any atom is -0.456 e. The van der Waals surface area contributed by atoms with Crippen molar-refractivity contribution in [3.63, 3.8) is 0 Å². The van der Waals surface area contributed by atoms with Gasteiger partial charge >= 0.3 is 0 Å². The van der Waals surface area contributed by atoms with Crippen molar-refractivity contribution in [3.05, 3.63) is 89.7 Å². The smallest absolute Gasteiger partial charge is 0.220 e. The Labute approximate surface area is 183 Å². The number of aromatic nitrogens is 3. The van der Waals surface area contributed by atoms with E-state index in [0.717, 1.165) is 55.8 Å². The normalized spacial score (nSPS) is 12.2. The van der Waals surface area contributed by atoms with E-state index in [9.17, 15) is 0 Å². The Kier molecular flexibility index (Phi) is 3.86. The summed E-state index contributed by atoms with van der Waals surface area (Å²) in [6.45, 7) is 5.93. The average Bonchev–Trinajstić information content (AvgIpc) is 3.41. The summed E-state index contributed by atoms with van der Waals surface area (Å²) in [7, 11) is 0. The van der Waals surface area contributed by atoms with Gasteiger partial charge in [0.15, 0.2) is 0 Å². The highest BCUT2D eigenvalue weighted by atomic mass is 35.5. The van der Waals surface area contributed by atoms with Crippen LogP contribution in [0.3, 0.4) is 0 Å². The van der Waals surface area contributed by atoms with Crippen LogP contribution in [0.25, 0.3) is 56.7 Å². The first-order valence-corrected chi connectivity index (χ1v) is 10.5. The number of hydrogen-bond acceptors (Lipinski definition) is 2. The van der Waals surface area contributed by atoms with Crippen LogP contribution in [0, 0.1) is 0 Å². The van der Waals surface area contributed by atoms with Gasteiger partial charge in [0.2, 0.25) is 5.78 Å². The summed E-state index contributed by atoms with van der Waals surface area (Å²) in [4.78, 5) is 4.93. The predicted octanol–water partition coefficient (Wildman–Crippen LogP) is 7.51. The maximum Gasteiger partial charge on any atom is 0.220 e. The fourth-order valence-corrected chi connectivity index (χ4v) is 4.54. The number of imidazole rings is 2. The molecule has 150 valence electrons. The molecule has 0 saturated carbocycles. The van der Waals surface area contributed by atoms with E-state index in [1.807, 2.05) is 61.5 Å². The highest BCUT2D eigenvalue weighted by Crippen LogP contribution is 2.34. The predicted molar refractivity (Wildman–Crippen MR) is 129 cm³/mol. The highest BCUT2D eigenvalue weighted by molar-refractivity contribution is 6.31. The van der Waals surface area contributed by atoms with Crippen molar-refractivity contribution in [2.24, 2.45) is 0 Å². The second-order valence-corrected chi connectivity index (χ2v) is 7.91. The molecule has 0 aliphatic heterocycles. The van der Waals surface area contributed by atoms with Gasteiger partial charge in [0, 0.05) is 22.0 Å². The standard InChI is InChI=1S/C26H18ClN3O/c1-3-7-24-18(4-2)19-12-11-17(15-25(19)31-24)29-23-14-16(27)10-13-22(23)30-21-9-6-5-8-20(21)28-26(29)30/h3-15H,2H2,1H3/b7-3-. The minimum atomic E-state index is 0.683. The molecule has 0 atom stereocenters. The Morgan fingerprint density at radius 3 is 2.71 bits per heavy atom. The third kappa shape index (κ3) is 2.52. The zero-order valence-corrected chi connectivity index (χ0v) is 17.6. The van der Waals surface area contributed by atoms with E-state index in [1.165, 1.54) is 0 Å². The summed E-state index contributed by atoms with van der Waals surface area (Å²) in [6, 6.07) is 20.3. The zero-order valence-electron chi connectivity index (χ0n) is 16.8. The molecule has 0 aliphatic carbocycles. The van der Waals surface area contributed by atoms with Gasteiger partial charge in [-0.3, -0.25) is 8.97 Å². The fraction of sp³-hybridized carbons (Fsp3) is 0.0385. The van der Waals surface area contributed by atoms with Crippen LogP contribution < -0.4 is 0 Å². The first-order valence-electron chi connectivity index (χ1n) is 10.1. The van der Waals surface area contributed by atoms with E-state index in [0.29, 0.717) is 5.02 Å². The van der Waals surface area contributed by atoms with Gasteiger partial charge in [-0.15, -0.1) is 0 Å². The average molecular weight is 424 g/mol. The molecule has 0 spiro atoms. The van der Waals surface area contributed by atoms with Gasteiger partial charge in [-0.1, -0.05) is 42.5 Å². The molecule has 4 nitrogen and oxygen atoms in total. The molecule has 0 fully saturated rings. The van der Waals surface area contributed by atoms with Crippen LogP contribution in [-0.2, 0) is 0 Å². The molecule has 0 unspecified atom stereocenters. The van der Waals surface area contributed by atoms with Gasteiger partial charge in [0.25, 0.3) is 0 Å². The number of fused-ring (bicyclic) bond motifs is 6. The van der Waals surface area contributed by atoms with Gasteiger partial charge in [0.05, 0.1) is 27.8 Å². The van der Waals surface area contributed by atoms with Gasteiger partial charge in [-0.05, 0) is 55.5 Å². The van der Waals surface area contributed by atoms with Gasteiger partial charge in [-0.25, -0.2) is 4.98 Å². The molecule has 6 rings (SSSR count). The van der Waals surface area contributed by atoms with Crippen LogP contribution in [0.15, 0.2) is 77.7 Å². The number of hydrogen-bond donors (Lipinski definition) is 0. The quantitative estimate of drug-likeness (QED) is 0.295. The number of para-hydroxylation sites is 2. The fourth-order valence-electron chi connectivity index (χ4n) is 4.38. The molecule has 0 radical (unpaired) electrons. The molecule has 0 saturated heterocycles. The first kappa shape index (κ1) is 18.0. The second-order valence-electron chi connectivity index (χ2n) is 7.47.